The quantitative estimate of drug-likeness (QED) is 0.640. The van der Waals surface area contributed by atoms with Gasteiger partial charge in [-0.15, -0.1) is 0 Å². The third-order valence-electron chi connectivity index (χ3n) is 4.13. The highest BCUT2D eigenvalue weighted by Crippen LogP contribution is 2.32. The van der Waals surface area contributed by atoms with Gasteiger partial charge < -0.3 is 15.0 Å². The van der Waals surface area contributed by atoms with E-state index in [4.69, 9.17) is 4.74 Å². The van der Waals surface area contributed by atoms with Crippen molar-refractivity contribution in [1.82, 2.24) is 10.2 Å². The summed E-state index contributed by atoms with van der Waals surface area (Å²) in [4.78, 5) is 26.7. The second-order valence-electron chi connectivity index (χ2n) is 5.82. The molecule has 1 unspecified atom stereocenters. The molecule has 1 N–H and O–H groups in total. The summed E-state index contributed by atoms with van der Waals surface area (Å²) >= 11 is 0. The van der Waals surface area contributed by atoms with Crippen molar-refractivity contribution >= 4 is 11.8 Å². The fraction of sp³-hybridized carbons (Fsp3) is 0.444. The maximum atomic E-state index is 12.9. The second kappa shape index (κ2) is 7.42. The van der Waals surface area contributed by atoms with Crippen LogP contribution in [0.1, 0.15) is 19.4 Å². The normalized spacial score (nSPS) is 23.1. The van der Waals surface area contributed by atoms with Gasteiger partial charge in [0.1, 0.15) is 5.54 Å². The van der Waals surface area contributed by atoms with Crippen LogP contribution >= 0.6 is 0 Å². The molecule has 2 amide bonds. The maximum Gasteiger partial charge on any atom is 0.250 e. The zero-order chi connectivity index (χ0) is 16.9. The molecule has 23 heavy (non-hydrogen) atoms. The van der Waals surface area contributed by atoms with E-state index in [0.29, 0.717) is 19.6 Å². The van der Waals surface area contributed by atoms with Gasteiger partial charge in [0.25, 0.3) is 0 Å². The number of ether oxygens (including phenoxy) is 1. The summed E-state index contributed by atoms with van der Waals surface area (Å²) in [5, 5.41) is 2.88. The van der Waals surface area contributed by atoms with E-state index in [-0.39, 0.29) is 17.9 Å². The minimum atomic E-state index is -0.986. The largest absolute Gasteiger partial charge is 0.383 e. The topological polar surface area (TPSA) is 58.6 Å². The van der Waals surface area contributed by atoms with Crippen molar-refractivity contribution < 1.29 is 14.3 Å². The number of methoxy groups -OCH3 is 1. The average Bonchev–Trinajstić information content (AvgIpc) is 2.86. The Morgan fingerprint density at radius 1 is 1.30 bits per heavy atom. The fourth-order valence-corrected chi connectivity index (χ4v) is 3.13. The lowest BCUT2D eigenvalue weighted by atomic mass is 9.89. The molecule has 1 aliphatic heterocycles. The Labute approximate surface area is 137 Å². The first-order valence-corrected chi connectivity index (χ1v) is 7.81. The van der Waals surface area contributed by atoms with Gasteiger partial charge in [0, 0.05) is 33.0 Å². The number of nitrogens with zero attached hydrogens (tertiary/aromatic N) is 1. The maximum absolute atomic E-state index is 12.9. The molecular formula is C18H24N2O3. The van der Waals surface area contributed by atoms with Crippen molar-refractivity contribution in [2.24, 2.45) is 0 Å². The standard InChI is InChI=1S/C18H24N2O3/c1-14-9-10-18(20(14)15(2)21,17(22)19-11-12-23-3)13-16-7-5-4-6-8-16/h4-10,14H,11-13H2,1-3H3,(H,19,22)/t14?,18-/m0/s1. The van der Waals surface area contributed by atoms with Crippen molar-refractivity contribution in [3.8, 4) is 0 Å². The summed E-state index contributed by atoms with van der Waals surface area (Å²) in [6, 6.07) is 9.64. The van der Waals surface area contributed by atoms with Gasteiger partial charge in [-0.1, -0.05) is 42.5 Å². The highest BCUT2D eigenvalue weighted by atomic mass is 16.5. The molecule has 0 saturated heterocycles. The first-order chi connectivity index (χ1) is 11.0. The lowest BCUT2D eigenvalue weighted by molar-refractivity contribution is -0.144. The van der Waals surface area contributed by atoms with Crippen molar-refractivity contribution in [2.75, 3.05) is 20.3 Å². The van der Waals surface area contributed by atoms with Crippen molar-refractivity contribution in [3.05, 3.63) is 48.0 Å². The zero-order valence-corrected chi connectivity index (χ0v) is 13.9. The highest BCUT2D eigenvalue weighted by Gasteiger charge is 2.48. The van der Waals surface area contributed by atoms with Gasteiger partial charge in [-0.05, 0) is 12.5 Å². The third kappa shape index (κ3) is 3.62. The number of rotatable bonds is 6. The van der Waals surface area contributed by atoms with E-state index in [0.717, 1.165) is 5.56 Å². The molecule has 0 radical (unpaired) electrons. The Balaban J connectivity index is 2.32. The van der Waals surface area contributed by atoms with Crippen LogP contribution in [0.15, 0.2) is 42.5 Å². The number of benzene rings is 1. The first kappa shape index (κ1) is 17.2. The smallest absolute Gasteiger partial charge is 0.250 e. The number of carbonyl (C=O) groups excluding carboxylic acids is 2. The predicted octanol–water partition coefficient (Wildman–Crippen LogP) is 1.54. The summed E-state index contributed by atoms with van der Waals surface area (Å²) in [6.45, 7) is 4.28. The molecular weight excluding hydrogens is 292 g/mol. The van der Waals surface area contributed by atoms with Gasteiger partial charge >= 0.3 is 0 Å². The van der Waals surface area contributed by atoms with Crippen LogP contribution in [-0.2, 0) is 20.7 Å². The lowest BCUT2D eigenvalue weighted by Crippen LogP contribution is -2.60. The predicted molar refractivity (Wildman–Crippen MR) is 88.9 cm³/mol. The van der Waals surface area contributed by atoms with E-state index >= 15 is 0 Å². The van der Waals surface area contributed by atoms with Crippen LogP contribution in [0.4, 0.5) is 0 Å². The molecule has 1 aliphatic rings. The summed E-state index contributed by atoms with van der Waals surface area (Å²) in [7, 11) is 1.59. The highest BCUT2D eigenvalue weighted by molar-refractivity contribution is 5.94. The average molecular weight is 316 g/mol. The minimum Gasteiger partial charge on any atom is -0.383 e. The monoisotopic (exact) mass is 316 g/mol. The molecule has 5 nitrogen and oxygen atoms in total. The molecule has 124 valence electrons. The third-order valence-corrected chi connectivity index (χ3v) is 4.13. The van der Waals surface area contributed by atoms with E-state index in [1.165, 1.54) is 6.92 Å². The Morgan fingerprint density at radius 3 is 2.61 bits per heavy atom. The number of hydrogen-bond donors (Lipinski definition) is 1. The van der Waals surface area contributed by atoms with Crippen LogP contribution in [0, 0.1) is 0 Å². The van der Waals surface area contributed by atoms with Crippen LogP contribution in [0.5, 0.6) is 0 Å². The molecule has 1 aromatic carbocycles. The van der Waals surface area contributed by atoms with Crippen LogP contribution in [-0.4, -0.2) is 48.6 Å². The molecule has 1 heterocycles. The molecule has 0 bridgehead atoms. The molecule has 0 spiro atoms. The molecule has 5 heteroatoms. The lowest BCUT2D eigenvalue weighted by Gasteiger charge is -2.38. The van der Waals surface area contributed by atoms with Crippen molar-refractivity contribution in [1.29, 1.82) is 0 Å². The van der Waals surface area contributed by atoms with Gasteiger partial charge in [0.15, 0.2) is 0 Å². The molecule has 2 rings (SSSR count). The van der Waals surface area contributed by atoms with E-state index in [1.54, 1.807) is 12.0 Å². The Bertz CT molecular complexity index is 585. The van der Waals surface area contributed by atoms with E-state index in [1.807, 2.05) is 49.4 Å². The number of amides is 2. The van der Waals surface area contributed by atoms with Crippen LogP contribution in [0.2, 0.25) is 0 Å². The van der Waals surface area contributed by atoms with Crippen LogP contribution in [0.25, 0.3) is 0 Å². The Morgan fingerprint density at radius 2 is 2.00 bits per heavy atom. The zero-order valence-electron chi connectivity index (χ0n) is 13.9. The van der Waals surface area contributed by atoms with Crippen LogP contribution in [0.3, 0.4) is 0 Å². The van der Waals surface area contributed by atoms with E-state index in [2.05, 4.69) is 5.32 Å². The summed E-state index contributed by atoms with van der Waals surface area (Å²) in [5.74, 6) is -0.283. The Hall–Kier alpha value is -2.14. The SMILES string of the molecule is COCCNC(=O)[C@@]1(Cc2ccccc2)C=CC(C)N1C(C)=O. The van der Waals surface area contributed by atoms with Gasteiger partial charge in [-0.25, -0.2) is 0 Å². The summed E-state index contributed by atoms with van der Waals surface area (Å²) in [5.41, 5.74) is 0.0276. The molecule has 0 aliphatic carbocycles. The summed E-state index contributed by atoms with van der Waals surface area (Å²) < 4.78 is 4.99. The molecule has 2 atom stereocenters. The molecule has 1 aromatic rings. The van der Waals surface area contributed by atoms with Gasteiger partial charge in [0.2, 0.25) is 11.8 Å². The Kier molecular flexibility index (Phi) is 5.55. The van der Waals surface area contributed by atoms with Gasteiger partial charge in [-0.3, -0.25) is 9.59 Å². The summed E-state index contributed by atoms with van der Waals surface area (Å²) in [6.07, 6.45) is 4.22. The first-order valence-electron chi connectivity index (χ1n) is 7.81. The van der Waals surface area contributed by atoms with E-state index in [9.17, 15) is 9.59 Å². The van der Waals surface area contributed by atoms with Crippen molar-refractivity contribution in [3.63, 3.8) is 0 Å². The second-order valence-corrected chi connectivity index (χ2v) is 5.82. The fourth-order valence-electron chi connectivity index (χ4n) is 3.13. The minimum absolute atomic E-state index is 0.107. The molecule has 0 saturated carbocycles. The van der Waals surface area contributed by atoms with E-state index < -0.39 is 5.54 Å². The van der Waals surface area contributed by atoms with Gasteiger partial charge in [0.05, 0.1) is 6.61 Å². The number of nitrogens with one attached hydrogen (secondary N) is 1. The van der Waals surface area contributed by atoms with Gasteiger partial charge in [-0.2, -0.15) is 0 Å². The molecule has 0 fully saturated rings. The number of carbonyl (C=O) groups is 2. The van der Waals surface area contributed by atoms with Crippen LogP contribution < -0.4 is 5.32 Å². The van der Waals surface area contributed by atoms with Crippen molar-refractivity contribution in [2.45, 2.75) is 31.8 Å². The molecule has 0 aromatic heterocycles. The number of hydrogen-bond acceptors (Lipinski definition) is 3.